The zero-order valence-electron chi connectivity index (χ0n) is 18.0. The zero-order valence-corrected chi connectivity index (χ0v) is 18.0. The van der Waals surface area contributed by atoms with E-state index in [1.807, 2.05) is 48.5 Å². The van der Waals surface area contributed by atoms with Crippen molar-refractivity contribution in [3.63, 3.8) is 0 Å². The van der Waals surface area contributed by atoms with Gasteiger partial charge in [-0.1, -0.05) is 0 Å². The third-order valence-corrected chi connectivity index (χ3v) is 6.16. The van der Waals surface area contributed by atoms with Gasteiger partial charge in [0.2, 0.25) is 5.91 Å². The average Bonchev–Trinajstić information content (AvgIpc) is 3.48. The van der Waals surface area contributed by atoms with Crippen LogP contribution in [0.5, 0.6) is 5.75 Å². The molecule has 1 aromatic carbocycles. The molecule has 1 fully saturated rings. The maximum atomic E-state index is 12.5. The van der Waals surface area contributed by atoms with Gasteiger partial charge in [-0.05, 0) is 36.8 Å². The second-order valence-corrected chi connectivity index (χ2v) is 7.98. The third kappa shape index (κ3) is 3.06. The quantitative estimate of drug-likeness (QED) is 0.547. The Hall–Kier alpha value is -3.39. The molecule has 3 aromatic heterocycles. The number of nitrogens with one attached hydrogen (secondary N) is 1. The number of rotatable bonds is 4. The van der Waals surface area contributed by atoms with Gasteiger partial charge in [-0.25, -0.2) is 9.97 Å². The summed E-state index contributed by atoms with van der Waals surface area (Å²) in [6, 6.07) is 7.66. The number of H-pyrrole nitrogens is 1. The molecule has 2 atom stereocenters. The van der Waals surface area contributed by atoms with Crippen LogP contribution in [-0.2, 0) is 9.53 Å². The molecule has 2 unspecified atom stereocenters. The molecule has 4 aromatic rings. The number of methoxy groups -OCH3 is 2. The topological polar surface area (TPSA) is 84.8 Å². The van der Waals surface area contributed by atoms with Crippen molar-refractivity contribution < 1.29 is 14.3 Å². The standard InChI is InChI=1S/C23H25N5O3/c1-13-10-24-22-21(13)28-19(11-25-22)20(15-5-7-16(30-3)8-6-15)26-23(28)18-9-17(31-4)12-27(18)14(2)29/h5-8,10-11,17-18,24H,9,12H2,1-4H3. The van der Waals surface area contributed by atoms with Crippen LogP contribution in [0.1, 0.15) is 30.8 Å². The van der Waals surface area contributed by atoms with Gasteiger partial charge in [0.25, 0.3) is 0 Å². The smallest absolute Gasteiger partial charge is 0.220 e. The lowest BCUT2D eigenvalue weighted by Crippen LogP contribution is -2.30. The number of amides is 1. The van der Waals surface area contributed by atoms with E-state index in [-0.39, 0.29) is 18.1 Å². The van der Waals surface area contributed by atoms with E-state index in [9.17, 15) is 4.79 Å². The van der Waals surface area contributed by atoms with Gasteiger partial charge in [-0.3, -0.25) is 9.20 Å². The van der Waals surface area contributed by atoms with E-state index in [2.05, 4.69) is 14.4 Å². The summed E-state index contributed by atoms with van der Waals surface area (Å²) in [5.74, 6) is 1.63. The Bertz CT molecular complexity index is 1270. The zero-order chi connectivity index (χ0) is 21.7. The van der Waals surface area contributed by atoms with Crippen molar-refractivity contribution in [2.75, 3.05) is 20.8 Å². The van der Waals surface area contributed by atoms with Gasteiger partial charge < -0.3 is 19.4 Å². The summed E-state index contributed by atoms with van der Waals surface area (Å²) in [5, 5.41) is 0. The minimum atomic E-state index is -0.179. The summed E-state index contributed by atoms with van der Waals surface area (Å²) < 4.78 is 13.1. The minimum absolute atomic E-state index is 0.0170. The maximum Gasteiger partial charge on any atom is 0.220 e. The molecule has 1 saturated heterocycles. The number of likely N-dealkylation sites (tertiary alicyclic amines) is 1. The highest BCUT2D eigenvalue weighted by molar-refractivity contribution is 5.86. The number of nitrogens with zero attached hydrogens (tertiary/aromatic N) is 4. The number of aromatic amines is 1. The Labute approximate surface area is 179 Å². The van der Waals surface area contributed by atoms with Gasteiger partial charge in [0.15, 0.2) is 5.65 Å². The van der Waals surface area contributed by atoms with E-state index in [0.29, 0.717) is 13.0 Å². The Morgan fingerprint density at radius 1 is 1.23 bits per heavy atom. The Balaban J connectivity index is 1.78. The largest absolute Gasteiger partial charge is 0.497 e. The van der Waals surface area contributed by atoms with E-state index in [1.54, 1.807) is 21.1 Å². The van der Waals surface area contributed by atoms with Crippen LogP contribution in [0.25, 0.3) is 27.9 Å². The molecule has 4 heterocycles. The average molecular weight is 419 g/mol. The van der Waals surface area contributed by atoms with Crippen molar-refractivity contribution in [1.82, 2.24) is 24.3 Å². The molecule has 1 N–H and O–H groups in total. The number of imidazole rings is 1. The van der Waals surface area contributed by atoms with Crippen LogP contribution in [0.4, 0.5) is 0 Å². The summed E-state index contributed by atoms with van der Waals surface area (Å²) >= 11 is 0. The van der Waals surface area contributed by atoms with Crippen LogP contribution < -0.4 is 4.74 Å². The van der Waals surface area contributed by atoms with E-state index < -0.39 is 0 Å². The fourth-order valence-electron chi connectivity index (χ4n) is 4.56. The van der Waals surface area contributed by atoms with Gasteiger partial charge in [-0.15, -0.1) is 0 Å². The van der Waals surface area contributed by atoms with Gasteiger partial charge in [0.05, 0.1) is 42.2 Å². The highest BCUT2D eigenvalue weighted by Gasteiger charge is 2.38. The number of fused-ring (bicyclic) bond motifs is 3. The van der Waals surface area contributed by atoms with E-state index >= 15 is 0 Å². The van der Waals surface area contributed by atoms with Crippen LogP contribution in [-0.4, -0.2) is 57.0 Å². The number of aromatic nitrogens is 4. The fraction of sp³-hybridized carbons (Fsp3) is 0.348. The van der Waals surface area contributed by atoms with Crippen molar-refractivity contribution in [3.8, 4) is 17.0 Å². The van der Waals surface area contributed by atoms with Crippen LogP contribution >= 0.6 is 0 Å². The number of benzene rings is 1. The van der Waals surface area contributed by atoms with Crippen LogP contribution in [0.2, 0.25) is 0 Å². The van der Waals surface area contributed by atoms with E-state index in [0.717, 1.165) is 45.1 Å². The molecular formula is C23H25N5O3. The first-order valence-electron chi connectivity index (χ1n) is 10.3. The number of carbonyl (C=O) groups excluding carboxylic acids is 1. The normalized spacial score (nSPS) is 18.9. The lowest BCUT2D eigenvalue weighted by atomic mass is 10.1. The molecule has 8 nitrogen and oxygen atoms in total. The van der Waals surface area contributed by atoms with Crippen molar-refractivity contribution in [1.29, 1.82) is 0 Å². The Morgan fingerprint density at radius 2 is 2.00 bits per heavy atom. The summed E-state index contributed by atoms with van der Waals surface area (Å²) in [5.41, 5.74) is 5.54. The third-order valence-electron chi connectivity index (χ3n) is 6.16. The van der Waals surface area contributed by atoms with Crippen LogP contribution in [0, 0.1) is 6.92 Å². The number of aryl methyl sites for hydroxylation is 1. The van der Waals surface area contributed by atoms with Gasteiger partial charge in [0, 0.05) is 38.8 Å². The van der Waals surface area contributed by atoms with Crippen molar-refractivity contribution in [2.24, 2.45) is 0 Å². The van der Waals surface area contributed by atoms with Crippen LogP contribution in [0.3, 0.4) is 0 Å². The first-order chi connectivity index (χ1) is 15.0. The second kappa shape index (κ2) is 7.39. The second-order valence-electron chi connectivity index (χ2n) is 7.98. The highest BCUT2D eigenvalue weighted by Crippen LogP contribution is 2.38. The van der Waals surface area contributed by atoms with Gasteiger partial charge in [-0.2, -0.15) is 0 Å². The molecular weight excluding hydrogens is 394 g/mol. The highest BCUT2D eigenvalue weighted by atomic mass is 16.5. The summed E-state index contributed by atoms with van der Waals surface area (Å²) in [7, 11) is 3.34. The van der Waals surface area contributed by atoms with E-state index in [1.165, 1.54) is 0 Å². The molecule has 0 aliphatic carbocycles. The molecule has 1 aliphatic rings. The van der Waals surface area contributed by atoms with E-state index in [4.69, 9.17) is 14.5 Å². The molecule has 0 bridgehead atoms. The molecule has 8 heteroatoms. The number of ether oxygens (including phenoxy) is 2. The number of hydrogen-bond donors (Lipinski definition) is 1. The first kappa shape index (κ1) is 19.6. The Kier molecular flexibility index (Phi) is 4.66. The molecule has 0 radical (unpaired) electrons. The maximum absolute atomic E-state index is 12.5. The van der Waals surface area contributed by atoms with Crippen molar-refractivity contribution in [3.05, 3.63) is 48.0 Å². The molecule has 31 heavy (non-hydrogen) atoms. The first-order valence-corrected chi connectivity index (χ1v) is 10.3. The fourth-order valence-corrected chi connectivity index (χ4v) is 4.56. The molecule has 5 rings (SSSR count). The number of carbonyl (C=O) groups is 1. The molecule has 0 spiro atoms. The lowest BCUT2D eigenvalue weighted by Gasteiger charge is -2.22. The number of hydrogen-bond acceptors (Lipinski definition) is 5. The Morgan fingerprint density at radius 3 is 2.68 bits per heavy atom. The summed E-state index contributed by atoms with van der Waals surface area (Å²) in [6.45, 7) is 4.21. The SMILES string of the molecule is COc1ccc(-c2nc(C3CC(OC)CN3C(C)=O)n3c2cnc2[nH]cc(C)c23)cc1. The van der Waals surface area contributed by atoms with Crippen molar-refractivity contribution in [2.45, 2.75) is 32.4 Å². The minimum Gasteiger partial charge on any atom is -0.497 e. The van der Waals surface area contributed by atoms with Crippen LogP contribution in [0.15, 0.2) is 36.7 Å². The lowest BCUT2D eigenvalue weighted by molar-refractivity contribution is -0.130. The van der Waals surface area contributed by atoms with Gasteiger partial charge >= 0.3 is 0 Å². The predicted octanol–water partition coefficient (Wildman–Crippen LogP) is 3.50. The molecule has 0 saturated carbocycles. The molecule has 160 valence electrons. The monoisotopic (exact) mass is 419 g/mol. The molecule has 1 aliphatic heterocycles. The van der Waals surface area contributed by atoms with Crippen molar-refractivity contribution >= 4 is 22.6 Å². The summed E-state index contributed by atoms with van der Waals surface area (Å²) in [6.07, 6.45) is 4.47. The molecule has 1 amide bonds. The van der Waals surface area contributed by atoms with Gasteiger partial charge in [0.1, 0.15) is 11.6 Å². The predicted molar refractivity (Wildman–Crippen MR) is 117 cm³/mol. The summed E-state index contributed by atoms with van der Waals surface area (Å²) in [4.78, 5) is 27.3.